The van der Waals surface area contributed by atoms with Gasteiger partial charge in [0.2, 0.25) is 5.91 Å². The van der Waals surface area contributed by atoms with Crippen molar-refractivity contribution < 1.29 is 18.1 Å². The van der Waals surface area contributed by atoms with Crippen molar-refractivity contribution in [3.05, 3.63) is 76.5 Å². The van der Waals surface area contributed by atoms with Crippen molar-refractivity contribution in [1.29, 1.82) is 0 Å². The summed E-state index contributed by atoms with van der Waals surface area (Å²) >= 11 is 0. The van der Waals surface area contributed by atoms with Gasteiger partial charge in [-0.05, 0) is 30.7 Å². The number of hydrogen-bond donors (Lipinski definition) is 0. The van der Waals surface area contributed by atoms with Crippen LogP contribution in [0.1, 0.15) is 12.0 Å². The van der Waals surface area contributed by atoms with E-state index in [1.807, 2.05) is 30.3 Å². The fourth-order valence-electron chi connectivity index (χ4n) is 4.04. The second-order valence-corrected chi connectivity index (χ2v) is 10.3. The Kier molecular flexibility index (Phi) is 6.47. The summed E-state index contributed by atoms with van der Waals surface area (Å²) in [5.74, 6) is 2.10. The first kappa shape index (κ1) is 23.2. The van der Waals surface area contributed by atoms with Gasteiger partial charge in [0, 0.05) is 35.5 Å². The third-order valence-corrected chi connectivity index (χ3v) is 7.49. The molecular weight excluding hydrogens is 456 g/mol. The monoisotopic (exact) mass is 478 g/mol. The smallest absolute Gasteiger partial charge is 0.269 e. The van der Waals surface area contributed by atoms with Gasteiger partial charge in [0.05, 0.1) is 40.8 Å². The second kappa shape index (κ2) is 9.49. The van der Waals surface area contributed by atoms with Gasteiger partial charge in [0.1, 0.15) is 0 Å². The fourth-order valence-corrected chi connectivity index (χ4v) is 5.77. The van der Waals surface area contributed by atoms with Crippen LogP contribution in [0.25, 0.3) is 16.9 Å². The number of rotatable bonds is 7. The van der Waals surface area contributed by atoms with Gasteiger partial charge in [0.25, 0.3) is 5.69 Å². The minimum atomic E-state index is -3.19. The average molecular weight is 479 g/mol. The number of nitrogens with zero attached hydrogens (tertiary/aromatic N) is 4. The summed E-state index contributed by atoms with van der Waals surface area (Å²) in [6.07, 6.45) is 7.52. The highest BCUT2D eigenvalue weighted by molar-refractivity contribution is 7.91. The molecule has 0 radical (unpaired) electrons. The number of aromatic nitrogens is 2. The maximum atomic E-state index is 13.3. The van der Waals surface area contributed by atoms with E-state index in [4.69, 9.17) is 6.42 Å². The van der Waals surface area contributed by atoms with Gasteiger partial charge in [-0.1, -0.05) is 24.1 Å². The average Bonchev–Trinajstić information content (AvgIpc) is 3.40. The number of para-hydroxylation sites is 1. The van der Waals surface area contributed by atoms with Crippen LogP contribution in [0.15, 0.2) is 60.8 Å². The van der Waals surface area contributed by atoms with Crippen LogP contribution in [0.2, 0.25) is 0 Å². The summed E-state index contributed by atoms with van der Waals surface area (Å²) in [5, 5.41) is 15.7. The molecule has 1 aromatic heterocycles. The summed E-state index contributed by atoms with van der Waals surface area (Å²) in [5.41, 5.74) is 2.46. The Hall–Kier alpha value is -3.97. The van der Waals surface area contributed by atoms with Crippen LogP contribution >= 0.6 is 0 Å². The van der Waals surface area contributed by atoms with E-state index in [0.717, 1.165) is 5.69 Å². The molecule has 0 aliphatic carbocycles. The number of sulfone groups is 1. The number of nitro groups is 1. The van der Waals surface area contributed by atoms with Gasteiger partial charge >= 0.3 is 0 Å². The second-order valence-electron chi connectivity index (χ2n) is 8.05. The number of terminal acetylenes is 1. The van der Waals surface area contributed by atoms with Gasteiger partial charge in [-0.25, -0.2) is 13.1 Å². The van der Waals surface area contributed by atoms with E-state index in [1.54, 1.807) is 23.0 Å². The maximum absolute atomic E-state index is 13.3. The highest BCUT2D eigenvalue weighted by atomic mass is 32.2. The van der Waals surface area contributed by atoms with Crippen molar-refractivity contribution in [1.82, 2.24) is 14.7 Å². The van der Waals surface area contributed by atoms with Crippen LogP contribution in [0.4, 0.5) is 5.69 Å². The lowest BCUT2D eigenvalue weighted by Gasteiger charge is -2.26. The molecule has 2 heterocycles. The Morgan fingerprint density at radius 2 is 1.91 bits per heavy atom. The number of amides is 1. The lowest BCUT2D eigenvalue weighted by Crippen LogP contribution is -2.42. The molecule has 174 valence electrons. The molecule has 4 rings (SSSR count). The zero-order valence-corrected chi connectivity index (χ0v) is 19.0. The molecular formula is C24H22N4O5S. The van der Waals surface area contributed by atoms with E-state index >= 15 is 0 Å². The maximum Gasteiger partial charge on any atom is 0.269 e. The van der Waals surface area contributed by atoms with Crippen molar-refractivity contribution in [2.45, 2.75) is 18.9 Å². The molecule has 1 saturated heterocycles. The third-order valence-electron chi connectivity index (χ3n) is 5.74. The number of nitro benzene ring substituents is 1. The number of non-ortho nitro benzene ring substituents is 1. The van der Waals surface area contributed by atoms with Crippen molar-refractivity contribution in [3.8, 4) is 29.3 Å². The van der Waals surface area contributed by atoms with Crippen LogP contribution in [0.5, 0.6) is 0 Å². The van der Waals surface area contributed by atoms with Gasteiger partial charge in [0.15, 0.2) is 9.84 Å². The van der Waals surface area contributed by atoms with E-state index in [1.165, 1.54) is 17.0 Å². The van der Waals surface area contributed by atoms with E-state index in [-0.39, 0.29) is 36.1 Å². The Labute approximate surface area is 197 Å². The van der Waals surface area contributed by atoms with Gasteiger partial charge in [-0.2, -0.15) is 5.10 Å². The molecule has 0 N–H and O–H groups in total. The molecule has 1 fully saturated rings. The zero-order valence-electron chi connectivity index (χ0n) is 18.2. The van der Waals surface area contributed by atoms with E-state index in [2.05, 4.69) is 11.0 Å². The molecule has 0 spiro atoms. The summed E-state index contributed by atoms with van der Waals surface area (Å²) in [7, 11) is -3.19. The van der Waals surface area contributed by atoms with Gasteiger partial charge < -0.3 is 4.90 Å². The summed E-state index contributed by atoms with van der Waals surface area (Å²) < 4.78 is 25.6. The van der Waals surface area contributed by atoms with E-state index in [9.17, 15) is 23.3 Å². The predicted octanol–water partition coefficient (Wildman–Crippen LogP) is 2.64. The van der Waals surface area contributed by atoms with E-state index < -0.39 is 20.8 Å². The molecule has 0 unspecified atom stereocenters. The molecule has 0 saturated carbocycles. The summed E-state index contributed by atoms with van der Waals surface area (Å²) in [6, 6.07) is 14.8. The van der Waals surface area contributed by atoms with Crippen molar-refractivity contribution >= 4 is 21.4 Å². The Balaban J connectivity index is 1.69. The highest BCUT2D eigenvalue weighted by Crippen LogP contribution is 2.27. The Morgan fingerprint density at radius 1 is 1.21 bits per heavy atom. The molecule has 10 heteroatoms. The quantitative estimate of drug-likeness (QED) is 0.293. The topological polar surface area (TPSA) is 115 Å². The number of carbonyl (C=O) groups is 1. The van der Waals surface area contributed by atoms with Gasteiger partial charge in [-0.15, -0.1) is 6.42 Å². The zero-order chi connectivity index (χ0) is 24.3. The van der Waals surface area contributed by atoms with Crippen LogP contribution < -0.4 is 0 Å². The van der Waals surface area contributed by atoms with Crippen molar-refractivity contribution in [3.63, 3.8) is 0 Å². The normalized spacial score (nSPS) is 16.6. The van der Waals surface area contributed by atoms with Crippen LogP contribution in [-0.2, 0) is 21.1 Å². The molecule has 0 bridgehead atoms. The molecule has 2 aromatic carbocycles. The van der Waals surface area contributed by atoms with Crippen molar-refractivity contribution in [2.75, 3.05) is 18.1 Å². The summed E-state index contributed by atoms with van der Waals surface area (Å²) in [6.45, 7) is 0.0126. The number of benzene rings is 2. The molecule has 3 aromatic rings. The SMILES string of the molecule is C#CCN(C(=O)Cc1cn(-c2ccccc2)nc1-c1ccc([N+](=O)[O-])cc1)[C@@H]1CCS(=O)(=O)C1. The van der Waals surface area contributed by atoms with Crippen LogP contribution in [0.3, 0.4) is 0 Å². The Morgan fingerprint density at radius 3 is 2.50 bits per heavy atom. The number of hydrogen-bond acceptors (Lipinski definition) is 6. The van der Waals surface area contributed by atoms with Gasteiger partial charge in [-0.3, -0.25) is 14.9 Å². The molecule has 1 aliphatic heterocycles. The third kappa shape index (κ3) is 5.00. The standard InChI is InChI=1S/C24H22N4O5S/c1-2-13-26(22-12-14-34(32,33)17-22)23(29)15-19-16-27(20-6-4-3-5-7-20)25-24(19)18-8-10-21(11-9-18)28(30)31/h1,3-11,16,22H,12-15,17H2/t22-/m1/s1. The van der Waals surface area contributed by atoms with Crippen molar-refractivity contribution in [2.24, 2.45) is 0 Å². The lowest BCUT2D eigenvalue weighted by molar-refractivity contribution is -0.384. The summed E-state index contributed by atoms with van der Waals surface area (Å²) in [4.78, 5) is 25.3. The lowest BCUT2D eigenvalue weighted by atomic mass is 10.0. The molecule has 1 aliphatic rings. The highest BCUT2D eigenvalue weighted by Gasteiger charge is 2.34. The molecule has 9 nitrogen and oxygen atoms in total. The van der Waals surface area contributed by atoms with Crippen LogP contribution in [-0.4, -0.2) is 58.0 Å². The van der Waals surface area contributed by atoms with E-state index in [0.29, 0.717) is 23.2 Å². The predicted molar refractivity (Wildman–Crippen MR) is 127 cm³/mol. The number of carbonyl (C=O) groups excluding carboxylic acids is 1. The molecule has 1 amide bonds. The first-order chi connectivity index (χ1) is 16.3. The first-order valence-electron chi connectivity index (χ1n) is 10.6. The Bertz CT molecular complexity index is 1360. The van der Waals surface area contributed by atoms with Crippen LogP contribution in [0, 0.1) is 22.5 Å². The largest absolute Gasteiger partial charge is 0.327 e. The minimum absolute atomic E-state index is 0.0126. The molecule has 1 atom stereocenters. The molecule has 34 heavy (non-hydrogen) atoms. The first-order valence-corrected chi connectivity index (χ1v) is 12.4. The fraction of sp³-hybridized carbons (Fsp3) is 0.250. The minimum Gasteiger partial charge on any atom is -0.327 e.